The summed E-state index contributed by atoms with van der Waals surface area (Å²) in [5.74, 6) is 2.78. The fourth-order valence-corrected chi connectivity index (χ4v) is 2.89. The third kappa shape index (κ3) is 1.53. The van der Waals surface area contributed by atoms with E-state index >= 15 is 0 Å². The predicted octanol–water partition coefficient (Wildman–Crippen LogP) is 2.37. The fraction of sp³-hybridized carbons (Fsp3) is 0.538. The highest BCUT2D eigenvalue weighted by Crippen LogP contribution is 2.45. The average molecular weight is 203 g/mol. The minimum absolute atomic E-state index is 0.584. The van der Waals surface area contributed by atoms with Crippen LogP contribution in [0.15, 0.2) is 24.3 Å². The Kier molecular flexibility index (Phi) is 2.17. The molecule has 3 fully saturated rings. The standard InChI is InChI=1S/C13H17NO/c1-15-12-4-2-10(3-5-12)13-11-6-9(7-11)8-14-13/h2-5,9,11,13-14H,6-8H2,1H3. The second kappa shape index (κ2) is 3.53. The molecule has 1 saturated carbocycles. The van der Waals surface area contributed by atoms with Crippen LogP contribution < -0.4 is 10.1 Å². The average Bonchev–Trinajstić information content (AvgIpc) is 2.28. The highest BCUT2D eigenvalue weighted by atomic mass is 16.5. The summed E-state index contributed by atoms with van der Waals surface area (Å²) in [6.45, 7) is 1.20. The van der Waals surface area contributed by atoms with Crippen molar-refractivity contribution in [2.45, 2.75) is 18.9 Å². The van der Waals surface area contributed by atoms with Gasteiger partial charge in [-0.3, -0.25) is 0 Å². The van der Waals surface area contributed by atoms with Crippen LogP contribution in [0.1, 0.15) is 24.4 Å². The third-order valence-electron chi connectivity index (χ3n) is 3.84. The van der Waals surface area contributed by atoms with Gasteiger partial charge in [-0.05, 0) is 48.9 Å². The van der Waals surface area contributed by atoms with Crippen LogP contribution in [0.25, 0.3) is 0 Å². The summed E-state index contributed by atoms with van der Waals surface area (Å²) in [5, 5.41) is 3.63. The fourth-order valence-electron chi connectivity index (χ4n) is 2.89. The van der Waals surface area contributed by atoms with E-state index in [-0.39, 0.29) is 0 Å². The van der Waals surface area contributed by atoms with Gasteiger partial charge in [0.25, 0.3) is 0 Å². The number of ether oxygens (including phenoxy) is 1. The lowest BCUT2D eigenvalue weighted by atomic mass is 9.66. The summed E-state index contributed by atoms with van der Waals surface area (Å²) < 4.78 is 5.17. The molecule has 1 aliphatic carbocycles. The van der Waals surface area contributed by atoms with Crippen molar-refractivity contribution in [3.8, 4) is 5.75 Å². The van der Waals surface area contributed by atoms with E-state index < -0.39 is 0 Å². The van der Waals surface area contributed by atoms with Crippen LogP contribution >= 0.6 is 0 Å². The zero-order valence-electron chi connectivity index (χ0n) is 9.07. The van der Waals surface area contributed by atoms with Gasteiger partial charge in [0.1, 0.15) is 5.75 Å². The molecule has 1 N–H and O–H groups in total. The number of fused-ring (bicyclic) bond motifs is 2. The van der Waals surface area contributed by atoms with Crippen molar-refractivity contribution >= 4 is 0 Å². The summed E-state index contributed by atoms with van der Waals surface area (Å²) in [6.07, 6.45) is 2.84. The molecule has 1 unspecified atom stereocenters. The molecule has 0 spiro atoms. The number of rotatable bonds is 2. The molecular formula is C13H17NO. The van der Waals surface area contributed by atoms with Gasteiger partial charge < -0.3 is 10.1 Å². The molecule has 4 rings (SSSR count). The number of hydrogen-bond acceptors (Lipinski definition) is 2. The summed E-state index contributed by atoms with van der Waals surface area (Å²) in [7, 11) is 1.71. The Labute approximate surface area is 90.6 Å². The van der Waals surface area contributed by atoms with Crippen LogP contribution in [0.3, 0.4) is 0 Å². The highest BCUT2D eigenvalue weighted by Gasteiger charge is 2.40. The molecule has 1 aromatic carbocycles. The largest absolute Gasteiger partial charge is 0.497 e. The van der Waals surface area contributed by atoms with Gasteiger partial charge in [0.05, 0.1) is 7.11 Å². The molecule has 2 heteroatoms. The lowest BCUT2D eigenvalue weighted by molar-refractivity contribution is 0.0831. The summed E-state index contributed by atoms with van der Waals surface area (Å²) in [5.41, 5.74) is 1.42. The van der Waals surface area contributed by atoms with Crippen molar-refractivity contribution in [2.75, 3.05) is 13.7 Å². The van der Waals surface area contributed by atoms with Gasteiger partial charge in [0, 0.05) is 6.04 Å². The topological polar surface area (TPSA) is 21.3 Å². The number of piperidine rings is 2. The lowest BCUT2D eigenvalue weighted by Gasteiger charge is -2.47. The summed E-state index contributed by atoms with van der Waals surface area (Å²) in [4.78, 5) is 0. The van der Waals surface area contributed by atoms with Crippen LogP contribution in [0.2, 0.25) is 0 Å². The van der Waals surface area contributed by atoms with Gasteiger partial charge in [-0.2, -0.15) is 0 Å². The predicted molar refractivity (Wildman–Crippen MR) is 60.0 cm³/mol. The molecule has 1 aromatic rings. The highest BCUT2D eigenvalue weighted by molar-refractivity contribution is 5.30. The zero-order valence-corrected chi connectivity index (χ0v) is 9.07. The molecule has 2 heterocycles. The van der Waals surface area contributed by atoms with Crippen molar-refractivity contribution in [3.05, 3.63) is 29.8 Å². The van der Waals surface area contributed by atoms with Gasteiger partial charge in [0.2, 0.25) is 0 Å². The maximum Gasteiger partial charge on any atom is 0.118 e. The van der Waals surface area contributed by atoms with Crippen LogP contribution in [-0.4, -0.2) is 13.7 Å². The van der Waals surface area contributed by atoms with Crippen LogP contribution in [0, 0.1) is 11.8 Å². The van der Waals surface area contributed by atoms with Gasteiger partial charge >= 0.3 is 0 Å². The van der Waals surface area contributed by atoms with E-state index in [4.69, 9.17) is 4.74 Å². The summed E-state index contributed by atoms with van der Waals surface area (Å²) >= 11 is 0. The van der Waals surface area contributed by atoms with Crippen LogP contribution in [0.5, 0.6) is 5.75 Å². The number of hydrogen-bond donors (Lipinski definition) is 1. The number of methoxy groups -OCH3 is 1. The van der Waals surface area contributed by atoms with E-state index in [9.17, 15) is 0 Å². The van der Waals surface area contributed by atoms with E-state index in [1.807, 2.05) is 0 Å². The first-order valence-electron chi connectivity index (χ1n) is 5.74. The molecule has 3 aliphatic rings. The second-order valence-corrected chi connectivity index (χ2v) is 4.76. The Morgan fingerprint density at radius 2 is 1.93 bits per heavy atom. The molecule has 1 atom stereocenters. The van der Waals surface area contributed by atoms with Crippen molar-refractivity contribution in [3.63, 3.8) is 0 Å². The lowest BCUT2D eigenvalue weighted by Crippen LogP contribution is -2.47. The monoisotopic (exact) mass is 203 g/mol. The first-order chi connectivity index (χ1) is 7.36. The van der Waals surface area contributed by atoms with E-state index in [0.717, 1.165) is 17.6 Å². The van der Waals surface area contributed by atoms with Gasteiger partial charge in [-0.25, -0.2) is 0 Å². The van der Waals surface area contributed by atoms with Crippen LogP contribution in [0.4, 0.5) is 0 Å². The SMILES string of the molecule is COc1ccc(C2NCC3CC2C3)cc1. The Morgan fingerprint density at radius 1 is 1.20 bits per heavy atom. The van der Waals surface area contributed by atoms with E-state index in [1.54, 1.807) is 7.11 Å². The molecule has 0 aromatic heterocycles. The maximum atomic E-state index is 5.17. The quantitative estimate of drug-likeness (QED) is 0.796. The Balaban J connectivity index is 1.79. The van der Waals surface area contributed by atoms with Crippen molar-refractivity contribution < 1.29 is 4.74 Å². The molecule has 2 bridgehead atoms. The summed E-state index contributed by atoms with van der Waals surface area (Å²) in [6, 6.07) is 9.08. The Bertz CT molecular complexity index is 337. The zero-order chi connectivity index (χ0) is 10.3. The minimum Gasteiger partial charge on any atom is -0.497 e. The first-order valence-corrected chi connectivity index (χ1v) is 5.74. The van der Waals surface area contributed by atoms with E-state index in [2.05, 4.69) is 29.6 Å². The smallest absolute Gasteiger partial charge is 0.118 e. The molecule has 15 heavy (non-hydrogen) atoms. The Morgan fingerprint density at radius 3 is 2.47 bits per heavy atom. The minimum atomic E-state index is 0.584. The number of nitrogens with one attached hydrogen (secondary N) is 1. The molecule has 0 radical (unpaired) electrons. The van der Waals surface area contributed by atoms with Crippen molar-refractivity contribution in [1.82, 2.24) is 5.32 Å². The van der Waals surface area contributed by atoms with E-state index in [1.165, 1.54) is 24.9 Å². The Hall–Kier alpha value is -1.02. The second-order valence-electron chi connectivity index (χ2n) is 4.76. The molecule has 0 amide bonds. The first kappa shape index (κ1) is 9.22. The molecular weight excluding hydrogens is 186 g/mol. The molecule has 2 aliphatic heterocycles. The molecule has 2 saturated heterocycles. The van der Waals surface area contributed by atoms with Crippen molar-refractivity contribution in [1.29, 1.82) is 0 Å². The molecule has 2 nitrogen and oxygen atoms in total. The molecule has 80 valence electrons. The third-order valence-corrected chi connectivity index (χ3v) is 3.84. The van der Waals surface area contributed by atoms with Gasteiger partial charge in [-0.1, -0.05) is 12.1 Å². The van der Waals surface area contributed by atoms with Gasteiger partial charge in [0.15, 0.2) is 0 Å². The van der Waals surface area contributed by atoms with Crippen molar-refractivity contribution in [2.24, 2.45) is 11.8 Å². The van der Waals surface area contributed by atoms with E-state index in [0.29, 0.717) is 6.04 Å². The number of benzene rings is 1. The van der Waals surface area contributed by atoms with Gasteiger partial charge in [-0.15, -0.1) is 0 Å². The van der Waals surface area contributed by atoms with Crippen LogP contribution in [-0.2, 0) is 0 Å². The maximum absolute atomic E-state index is 5.17. The normalized spacial score (nSPS) is 33.3.